The first-order chi connectivity index (χ1) is 15.1. The summed E-state index contributed by atoms with van der Waals surface area (Å²) >= 11 is 0. The molecule has 4 heterocycles. The molecule has 1 aliphatic rings. The van der Waals surface area contributed by atoms with Gasteiger partial charge in [0, 0.05) is 37.6 Å². The van der Waals surface area contributed by atoms with Crippen LogP contribution in [0.2, 0.25) is 0 Å². The Hall–Kier alpha value is -3.52. The highest BCUT2D eigenvalue weighted by Crippen LogP contribution is 2.25. The zero-order valence-electron chi connectivity index (χ0n) is 18.1. The molecule has 158 valence electrons. The minimum Gasteiger partial charge on any atom is -0.354 e. The maximum absolute atomic E-state index is 4.70. The van der Waals surface area contributed by atoms with Crippen molar-refractivity contribution in [3.63, 3.8) is 0 Å². The molecule has 1 aliphatic heterocycles. The number of piperazine rings is 1. The molecule has 1 saturated heterocycles. The third kappa shape index (κ3) is 3.94. The Bertz CT molecular complexity index is 1210. The number of fused-ring (bicyclic) bond motifs is 1. The highest BCUT2D eigenvalue weighted by atomic mass is 15.3. The normalized spacial score (nSPS) is 14.9. The molecule has 0 aliphatic carbocycles. The maximum Gasteiger partial charge on any atom is 0.163 e. The van der Waals surface area contributed by atoms with Crippen molar-refractivity contribution in [1.29, 1.82) is 0 Å². The number of nitrogens with one attached hydrogen (secondary N) is 1. The molecular weight excluding hydrogens is 388 g/mol. The van der Waals surface area contributed by atoms with E-state index in [9.17, 15) is 0 Å². The summed E-state index contributed by atoms with van der Waals surface area (Å²) in [4.78, 5) is 18.6. The van der Waals surface area contributed by atoms with Crippen LogP contribution >= 0.6 is 0 Å². The van der Waals surface area contributed by atoms with Crippen molar-refractivity contribution in [2.45, 2.75) is 13.8 Å². The number of para-hydroxylation sites is 1. The summed E-state index contributed by atoms with van der Waals surface area (Å²) in [5.41, 5.74) is 3.65. The fraction of sp³-hybridized carbons (Fsp3) is 0.304. The van der Waals surface area contributed by atoms with Crippen LogP contribution < -0.4 is 10.2 Å². The van der Waals surface area contributed by atoms with E-state index in [1.807, 2.05) is 61.1 Å². The van der Waals surface area contributed by atoms with E-state index in [-0.39, 0.29) is 0 Å². The van der Waals surface area contributed by atoms with E-state index in [1.54, 1.807) is 0 Å². The number of likely N-dealkylation sites (N-methyl/N-ethyl adjacent to an activating group) is 1. The highest BCUT2D eigenvalue weighted by molar-refractivity contribution is 5.83. The maximum atomic E-state index is 4.70. The summed E-state index contributed by atoms with van der Waals surface area (Å²) in [6, 6.07) is 14.2. The second-order valence-electron chi connectivity index (χ2n) is 8.00. The first-order valence-corrected chi connectivity index (χ1v) is 10.5. The van der Waals surface area contributed by atoms with E-state index in [4.69, 9.17) is 10.1 Å². The van der Waals surface area contributed by atoms with Crippen molar-refractivity contribution >= 4 is 28.4 Å². The Morgan fingerprint density at radius 2 is 1.71 bits per heavy atom. The number of hydrogen-bond donors (Lipinski definition) is 1. The monoisotopic (exact) mass is 414 g/mol. The fourth-order valence-electron chi connectivity index (χ4n) is 3.92. The molecule has 1 aromatic carbocycles. The van der Waals surface area contributed by atoms with Gasteiger partial charge in [0.05, 0.1) is 23.3 Å². The van der Waals surface area contributed by atoms with Gasteiger partial charge >= 0.3 is 0 Å². The SMILES string of the molecule is Cc1nc(Nc2cnc3c(c2)c(C)nn3-c2ccccc2)cc(N2CCN(C)CC2)n1. The van der Waals surface area contributed by atoms with Gasteiger partial charge < -0.3 is 15.1 Å². The number of aromatic nitrogens is 5. The van der Waals surface area contributed by atoms with Crippen LogP contribution in [0.4, 0.5) is 17.3 Å². The van der Waals surface area contributed by atoms with E-state index in [0.29, 0.717) is 0 Å². The Morgan fingerprint density at radius 1 is 0.935 bits per heavy atom. The van der Waals surface area contributed by atoms with Crippen LogP contribution in [-0.4, -0.2) is 62.9 Å². The van der Waals surface area contributed by atoms with Crippen molar-refractivity contribution in [2.75, 3.05) is 43.4 Å². The first-order valence-electron chi connectivity index (χ1n) is 10.5. The van der Waals surface area contributed by atoms with E-state index in [0.717, 1.165) is 71.7 Å². The number of rotatable bonds is 4. The summed E-state index contributed by atoms with van der Waals surface area (Å²) < 4.78 is 1.88. The van der Waals surface area contributed by atoms with Crippen LogP contribution in [0.1, 0.15) is 11.5 Å². The van der Waals surface area contributed by atoms with Gasteiger partial charge in [0.2, 0.25) is 0 Å². The molecule has 4 aromatic rings. The Kier molecular flexibility index (Phi) is 4.99. The van der Waals surface area contributed by atoms with Crippen LogP contribution in [0.5, 0.6) is 0 Å². The van der Waals surface area contributed by atoms with Gasteiger partial charge in [0.25, 0.3) is 0 Å². The van der Waals surface area contributed by atoms with Gasteiger partial charge in [0.15, 0.2) is 5.65 Å². The summed E-state index contributed by atoms with van der Waals surface area (Å²) in [5, 5.41) is 9.12. The molecule has 0 atom stereocenters. The molecule has 0 saturated carbocycles. The minimum absolute atomic E-state index is 0.751. The standard InChI is InChI=1S/C23H26N8/c1-16-20-13-18(15-24-23(20)31(28-16)19-7-5-4-6-8-19)27-21-14-22(26-17(2)25-21)30-11-9-29(3)10-12-30/h4-8,13-15H,9-12H2,1-3H3,(H,25,26,27). The Labute approximate surface area is 181 Å². The predicted octanol–water partition coefficient (Wildman–Crippen LogP) is 3.32. The largest absolute Gasteiger partial charge is 0.354 e. The number of pyridine rings is 1. The molecule has 0 spiro atoms. The van der Waals surface area contributed by atoms with Gasteiger partial charge in [-0.2, -0.15) is 5.10 Å². The number of hydrogen-bond acceptors (Lipinski definition) is 7. The summed E-state index contributed by atoms with van der Waals surface area (Å²) in [6.45, 7) is 7.96. The van der Waals surface area contributed by atoms with Crippen molar-refractivity contribution in [3.8, 4) is 5.69 Å². The molecule has 3 aromatic heterocycles. The molecular formula is C23H26N8. The van der Waals surface area contributed by atoms with Gasteiger partial charge in [-0.05, 0) is 39.1 Å². The zero-order valence-corrected chi connectivity index (χ0v) is 18.1. The molecule has 1 N–H and O–H groups in total. The second kappa shape index (κ2) is 7.96. The van der Waals surface area contributed by atoms with E-state index in [2.05, 4.69) is 38.2 Å². The lowest BCUT2D eigenvalue weighted by Gasteiger charge is -2.33. The Morgan fingerprint density at radius 3 is 2.48 bits per heavy atom. The van der Waals surface area contributed by atoms with Crippen LogP contribution in [-0.2, 0) is 0 Å². The van der Waals surface area contributed by atoms with Crippen LogP contribution in [0.15, 0.2) is 48.7 Å². The van der Waals surface area contributed by atoms with Gasteiger partial charge in [-0.3, -0.25) is 0 Å². The van der Waals surface area contributed by atoms with Gasteiger partial charge in [0.1, 0.15) is 17.5 Å². The van der Waals surface area contributed by atoms with Crippen molar-refractivity contribution in [2.24, 2.45) is 0 Å². The van der Waals surface area contributed by atoms with Crippen LogP contribution in [0.3, 0.4) is 0 Å². The lowest BCUT2D eigenvalue weighted by molar-refractivity contribution is 0.312. The number of anilines is 3. The van der Waals surface area contributed by atoms with Gasteiger partial charge in [-0.15, -0.1) is 0 Å². The number of benzene rings is 1. The van der Waals surface area contributed by atoms with Crippen LogP contribution in [0, 0.1) is 13.8 Å². The average molecular weight is 415 g/mol. The number of aryl methyl sites for hydroxylation is 2. The van der Waals surface area contributed by atoms with Crippen LogP contribution in [0.25, 0.3) is 16.7 Å². The lowest BCUT2D eigenvalue weighted by Crippen LogP contribution is -2.44. The molecule has 5 rings (SSSR count). The average Bonchev–Trinajstić information content (AvgIpc) is 3.10. The lowest BCUT2D eigenvalue weighted by atomic mass is 10.2. The number of nitrogens with zero attached hydrogens (tertiary/aromatic N) is 7. The third-order valence-corrected chi connectivity index (χ3v) is 5.63. The van der Waals surface area contributed by atoms with Crippen molar-refractivity contribution in [3.05, 3.63) is 60.2 Å². The van der Waals surface area contributed by atoms with Crippen molar-refractivity contribution in [1.82, 2.24) is 29.6 Å². The molecule has 0 bridgehead atoms. The molecule has 0 unspecified atom stereocenters. The molecule has 8 nitrogen and oxygen atoms in total. The Balaban J connectivity index is 1.44. The molecule has 8 heteroatoms. The second-order valence-corrected chi connectivity index (χ2v) is 8.00. The summed E-state index contributed by atoms with van der Waals surface area (Å²) in [7, 11) is 2.15. The molecule has 1 fully saturated rings. The highest BCUT2D eigenvalue weighted by Gasteiger charge is 2.17. The zero-order chi connectivity index (χ0) is 21.4. The smallest absolute Gasteiger partial charge is 0.163 e. The van der Waals surface area contributed by atoms with E-state index >= 15 is 0 Å². The fourth-order valence-corrected chi connectivity index (χ4v) is 3.92. The minimum atomic E-state index is 0.751. The topological polar surface area (TPSA) is 75.0 Å². The third-order valence-electron chi connectivity index (χ3n) is 5.63. The predicted molar refractivity (Wildman–Crippen MR) is 123 cm³/mol. The summed E-state index contributed by atoms with van der Waals surface area (Å²) in [5.74, 6) is 2.49. The summed E-state index contributed by atoms with van der Waals surface area (Å²) in [6.07, 6.45) is 1.83. The molecule has 31 heavy (non-hydrogen) atoms. The molecule has 0 radical (unpaired) electrons. The van der Waals surface area contributed by atoms with E-state index < -0.39 is 0 Å². The molecule has 0 amide bonds. The van der Waals surface area contributed by atoms with Gasteiger partial charge in [-0.1, -0.05) is 18.2 Å². The first kappa shape index (κ1) is 19.4. The quantitative estimate of drug-likeness (QED) is 0.549. The van der Waals surface area contributed by atoms with Gasteiger partial charge in [-0.25, -0.2) is 19.6 Å². The van der Waals surface area contributed by atoms with Crippen molar-refractivity contribution < 1.29 is 0 Å². The van der Waals surface area contributed by atoms with E-state index in [1.165, 1.54) is 0 Å².